The Balaban J connectivity index is 0.000000604. The second-order valence-electron chi connectivity index (χ2n) is 8.93. The van der Waals surface area contributed by atoms with E-state index in [1.165, 1.54) is 70.6 Å². The molecule has 0 bridgehead atoms. The number of hydrogen-bond acceptors (Lipinski definition) is 4. The fourth-order valence-corrected chi connectivity index (χ4v) is 3.41. The number of hydrogen-bond donors (Lipinski definition) is 0. The van der Waals surface area contributed by atoms with E-state index in [0.717, 1.165) is 19.3 Å². The van der Waals surface area contributed by atoms with Gasteiger partial charge in [0.1, 0.15) is 5.60 Å². The summed E-state index contributed by atoms with van der Waals surface area (Å²) in [4.78, 5) is 22.3. The van der Waals surface area contributed by atoms with Crippen LogP contribution in [-0.2, 0) is 19.1 Å². The van der Waals surface area contributed by atoms with Crippen LogP contribution in [0.4, 0.5) is 0 Å². The third-order valence-electron chi connectivity index (χ3n) is 5.43. The Labute approximate surface area is 185 Å². The van der Waals surface area contributed by atoms with Crippen molar-refractivity contribution in [3.05, 3.63) is 24.3 Å². The van der Waals surface area contributed by atoms with Crippen LogP contribution < -0.4 is 0 Å². The lowest BCUT2D eigenvalue weighted by molar-refractivity contribution is -0.152. The summed E-state index contributed by atoms with van der Waals surface area (Å²) in [5, 5.41) is 0. The summed E-state index contributed by atoms with van der Waals surface area (Å²) in [6, 6.07) is 0. The summed E-state index contributed by atoms with van der Waals surface area (Å²) in [5.74, 6) is -0.509. The van der Waals surface area contributed by atoms with Crippen LogP contribution in [0.3, 0.4) is 0 Å². The maximum atomic E-state index is 11.2. The molecule has 1 fully saturated rings. The number of carbonyl (C=O) groups is 2. The van der Waals surface area contributed by atoms with Crippen molar-refractivity contribution < 1.29 is 19.1 Å². The van der Waals surface area contributed by atoms with E-state index >= 15 is 0 Å². The summed E-state index contributed by atoms with van der Waals surface area (Å²) in [5.41, 5.74) is 0.765. The van der Waals surface area contributed by atoms with E-state index in [2.05, 4.69) is 20.1 Å². The highest BCUT2D eigenvalue weighted by Gasteiger charge is 2.32. The molecule has 0 saturated heterocycles. The zero-order chi connectivity index (χ0) is 22.8. The molecule has 0 amide bonds. The van der Waals surface area contributed by atoms with Crippen molar-refractivity contribution in [3.63, 3.8) is 0 Å². The van der Waals surface area contributed by atoms with Crippen LogP contribution in [0.5, 0.6) is 0 Å². The van der Waals surface area contributed by atoms with E-state index in [-0.39, 0.29) is 17.5 Å². The van der Waals surface area contributed by atoms with Gasteiger partial charge in [0.25, 0.3) is 0 Å². The summed E-state index contributed by atoms with van der Waals surface area (Å²) in [6.45, 7) is 15.3. The molecule has 0 aromatic rings. The van der Waals surface area contributed by atoms with Gasteiger partial charge in [0.2, 0.25) is 0 Å². The smallest absolute Gasteiger partial charge is 0.333 e. The Morgan fingerprint density at radius 1 is 0.767 bits per heavy atom. The minimum atomic E-state index is -0.258. The van der Waals surface area contributed by atoms with Gasteiger partial charge in [-0.15, -0.1) is 0 Å². The average molecular weight is 423 g/mol. The summed E-state index contributed by atoms with van der Waals surface area (Å²) in [7, 11) is 0. The van der Waals surface area contributed by atoms with Crippen LogP contribution in [0.1, 0.15) is 118 Å². The Morgan fingerprint density at radius 3 is 1.63 bits per heavy atom. The largest absolute Gasteiger partial charge is 0.462 e. The minimum absolute atomic E-state index is 0.212. The third kappa shape index (κ3) is 15.3. The zero-order valence-corrected chi connectivity index (χ0v) is 20.2. The highest BCUT2D eigenvalue weighted by Crippen LogP contribution is 2.33. The Kier molecular flexibility index (Phi) is 16.2. The molecule has 1 aliphatic carbocycles. The van der Waals surface area contributed by atoms with Gasteiger partial charge in [0, 0.05) is 11.1 Å². The molecule has 0 aliphatic heterocycles. The van der Waals surface area contributed by atoms with Crippen molar-refractivity contribution in [1.82, 2.24) is 0 Å². The number of rotatable bonds is 14. The van der Waals surface area contributed by atoms with E-state index < -0.39 is 0 Å². The molecule has 174 valence electrons. The average Bonchev–Trinajstić information content (AvgIpc) is 3.12. The van der Waals surface area contributed by atoms with Gasteiger partial charge in [-0.3, -0.25) is 0 Å². The van der Waals surface area contributed by atoms with Crippen molar-refractivity contribution in [2.24, 2.45) is 0 Å². The van der Waals surface area contributed by atoms with Gasteiger partial charge >= 0.3 is 11.9 Å². The molecule has 0 spiro atoms. The highest BCUT2D eigenvalue weighted by atomic mass is 16.6. The molecule has 0 aromatic heterocycles. The van der Waals surface area contributed by atoms with Crippen LogP contribution in [0, 0.1) is 0 Å². The molecular weight excluding hydrogens is 376 g/mol. The Bertz CT molecular complexity index is 515. The van der Waals surface area contributed by atoms with Crippen molar-refractivity contribution in [1.29, 1.82) is 0 Å². The molecule has 1 aliphatic rings. The molecule has 0 atom stereocenters. The second-order valence-corrected chi connectivity index (χ2v) is 8.93. The summed E-state index contributed by atoms with van der Waals surface area (Å²) in [6.07, 6.45) is 17.3. The van der Waals surface area contributed by atoms with E-state index in [1.54, 1.807) is 13.8 Å². The Morgan fingerprint density at radius 2 is 1.20 bits per heavy atom. The first-order valence-electron chi connectivity index (χ1n) is 11.9. The van der Waals surface area contributed by atoms with Crippen molar-refractivity contribution in [3.8, 4) is 0 Å². The van der Waals surface area contributed by atoms with Gasteiger partial charge in [-0.1, -0.05) is 77.9 Å². The van der Waals surface area contributed by atoms with Gasteiger partial charge < -0.3 is 9.47 Å². The lowest BCUT2D eigenvalue weighted by Gasteiger charge is -2.23. The molecule has 0 aromatic carbocycles. The van der Waals surface area contributed by atoms with Gasteiger partial charge in [-0.05, 0) is 52.9 Å². The first-order valence-corrected chi connectivity index (χ1v) is 11.9. The molecule has 0 N–H and O–H groups in total. The molecule has 1 saturated carbocycles. The molecule has 0 heterocycles. The maximum absolute atomic E-state index is 11.2. The fourth-order valence-electron chi connectivity index (χ4n) is 3.41. The van der Waals surface area contributed by atoms with Crippen LogP contribution in [0.15, 0.2) is 24.3 Å². The van der Waals surface area contributed by atoms with Crippen molar-refractivity contribution >= 4 is 11.9 Å². The molecule has 0 radical (unpaired) electrons. The molecule has 4 heteroatoms. The van der Waals surface area contributed by atoms with E-state index in [1.807, 2.05) is 6.92 Å². The van der Waals surface area contributed by atoms with E-state index in [9.17, 15) is 9.59 Å². The van der Waals surface area contributed by atoms with Crippen LogP contribution in [-0.4, -0.2) is 24.1 Å². The monoisotopic (exact) mass is 422 g/mol. The number of unbranched alkanes of at least 4 members (excludes halogenated alkanes) is 9. The van der Waals surface area contributed by atoms with Gasteiger partial charge in [-0.25, -0.2) is 9.59 Å². The topological polar surface area (TPSA) is 52.6 Å². The zero-order valence-electron chi connectivity index (χ0n) is 20.2. The summed E-state index contributed by atoms with van der Waals surface area (Å²) >= 11 is 0. The number of carbonyl (C=O) groups excluding carboxylic acids is 2. The molecule has 0 unspecified atom stereocenters. The fraction of sp³-hybridized carbons (Fsp3) is 0.769. The molecule has 1 rings (SSSR count). The third-order valence-corrected chi connectivity index (χ3v) is 5.43. The predicted octanol–water partition coefficient (Wildman–Crippen LogP) is 7.47. The highest BCUT2D eigenvalue weighted by molar-refractivity contribution is 5.87. The van der Waals surface area contributed by atoms with Crippen LogP contribution in [0.25, 0.3) is 0 Å². The maximum Gasteiger partial charge on any atom is 0.333 e. The van der Waals surface area contributed by atoms with E-state index in [4.69, 9.17) is 9.47 Å². The summed E-state index contributed by atoms with van der Waals surface area (Å²) < 4.78 is 10.4. The second kappa shape index (κ2) is 17.1. The van der Waals surface area contributed by atoms with Gasteiger partial charge in [0.05, 0.1) is 6.61 Å². The predicted molar refractivity (Wildman–Crippen MR) is 125 cm³/mol. The number of ether oxygens (including phenoxy) is 2. The van der Waals surface area contributed by atoms with Crippen molar-refractivity contribution in [2.75, 3.05) is 6.61 Å². The van der Waals surface area contributed by atoms with Crippen LogP contribution in [0.2, 0.25) is 0 Å². The van der Waals surface area contributed by atoms with Crippen LogP contribution >= 0.6 is 0 Å². The first kappa shape index (κ1) is 28.4. The lowest BCUT2D eigenvalue weighted by atomic mass is 10.1. The SMILES string of the molecule is C=C(C)C(=O)OC1(C)CCCC1.C=C(C)C(=O)OCCCCCCCCCCCC. The molecular formula is C26H46O4. The normalized spacial score (nSPS) is 14.4. The minimum Gasteiger partial charge on any atom is -0.462 e. The van der Waals surface area contributed by atoms with Gasteiger partial charge in [-0.2, -0.15) is 0 Å². The van der Waals surface area contributed by atoms with E-state index in [0.29, 0.717) is 17.8 Å². The Hall–Kier alpha value is -1.58. The lowest BCUT2D eigenvalue weighted by Crippen LogP contribution is -2.28. The standard InChI is InChI=1S/C16H30O2.C10H16O2/c1-4-5-6-7-8-9-10-11-12-13-14-18-16(17)15(2)3;1-8(2)9(11)12-10(3)6-4-5-7-10/h2,4-14H2,1,3H3;1,4-7H2,2-3H3. The molecule has 4 nitrogen and oxygen atoms in total. The first-order chi connectivity index (χ1) is 14.2. The quantitative estimate of drug-likeness (QED) is 0.165. The molecule has 30 heavy (non-hydrogen) atoms. The van der Waals surface area contributed by atoms with Gasteiger partial charge in [0.15, 0.2) is 0 Å². The number of esters is 2. The van der Waals surface area contributed by atoms with Crippen molar-refractivity contribution in [2.45, 2.75) is 123 Å².